The fraction of sp³-hybridized carbons (Fsp3) is 0.552. The Hall–Kier alpha value is -2.73. The van der Waals surface area contributed by atoms with Crippen LogP contribution in [0.25, 0.3) is 0 Å². The van der Waals surface area contributed by atoms with Crippen LogP contribution in [0.1, 0.15) is 62.9 Å². The largest absolute Gasteiger partial charge is 0.507 e. The van der Waals surface area contributed by atoms with E-state index >= 15 is 0 Å². The van der Waals surface area contributed by atoms with Crippen molar-refractivity contribution >= 4 is 11.6 Å². The van der Waals surface area contributed by atoms with E-state index in [0.29, 0.717) is 12.3 Å². The predicted octanol–water partition coefficient (Wildman–Crippen LogP) is 5.24. The lowest BCUT2D eigenvalue weighted by molar-refractivity contribution is -0.123. The van der Waals surface area contributed by atoms with Crippen LogP contribution in [-0.4, -0.2) is 55.7 Å². The van der Waals surface area contributed by atoms with Gasteiger partial charge in [0.25, 0.3) is 0 Å². The number of benzene rings is 2. The first-order chi connectivity index (χ1) is 16.9. The minimum Gasteiger partial charge on any atom is -0.507 e. The van der Waals surface area contributed by atoms with Crippen LogP contribution in [0.3, 0.4) is 0 Å². The Morgan fingerprint density at radius 3 is 2.34 bits per heavy atom. The normalized spacial score (nSPS) is 19.0. The van der Waals surface area contributed by atoms with Crippen molar-refractivity contribution in [2.45, 2.75) is 60.9 Å². The van der Waals surface area contributed by atoms with E-state index in [1.807, 2.05) is 52.8 Å². The molecule has 2 aliphatic rings. The monoisotopic (exact) mass is 483 g/mol. The first-order valence-corrected chi connectivity index (χ1v) is 13.1. The minimum absolute atomic E-state index is 0.0260. The molecule has 0 radical (unpaired) electrons. The second-order valence-corrected chi connectivity index (χ2v) is 8.94. The predicted molar refractivity (Wildman–Crippen MR) is 146 cm³/mol. The summed E-state index contributed by atoms with van der Waals surface area (Å²) in [6.07, 6.45) is 0.888. The van der Waals surface area contributed by atoms with Gasteiger partial charge in [-0.25, -0.2) is 0 Å². The number of aromatic hydroxyl groups is 1. The van der Waals surface area contributed by atoms with Gasteiger partial charge in [-0.1, -0.05) is 46.8 Å². The third-order valence-corrected chi connectivity index (χ3v) is 6.74. The van der Waals surface area contributed by atoms with Gasteiger partial charge in [0, 0.05) is 43.5 Å². The molecule has 0 saturated carbocycles. The second-order valence-electron chi connectivity index (χ2n) is 8.94. The Balaban J connectivity index is 0.00000103. The lowest BCUT2D eigenvalue weighted by Crippen LogP contribution is -2.50. The number of hydrogen-bond acceptors (Lipinski definition) is 5. The van der Waals surface area contributed by atoms with Gasteiger partial charge >= 0.3 is 0 Å². The Morgan fingerprint density at radius 2 is 1.71 bits per heavy atom. The average molecular weight is 484 g/mol. The summed E-state index contributed by atoms with van der Waals surface area (Å²) >= 11 is 0. The average Bonchev–Trinajstić information content (AvgIpc) is 3.22. The lowest BCUT2D eigenvalue weighted by atomic mass is 9.98. The molecule has 1 heterocycles. The Morgan fingerprint density at radius 1 is 1.06 bits per heavy atom. The quantitative estimate of drug-likeness (QED) is 0.609. The minimum atomic E-state index is -0.126. The van der Waals surface area contributed by atoms with E-state index in [0.717, 1.165) is 55.2 Å². The number of hydrogen-bond donors (Lipinski definition) is 2. The molecule has 1 fully saturated rings. The number of carbonyl (C=O) groups excluding carboxylic acids is 1. The number of amides is 1. The van der Waals surface area contributed by atoms with E-state index in [-0.39, 0.29) is 17.9 Å². The van der Waals surface area contributed by atoms with Gasteiger partial charge in [-0.2, -0.15) is 0 Å². The lowest BCUT2D eigenvalue weighted by Gasteiger charge is -2.36. The van der Waals surface area contributed by atoms with Gasteiger partial charge in [0.2, 0.25) is 5.91 Å². The molecule has 6 nitrogen and oxygen atoms in total. The van der Waals surface area contributed by atoms with Crippen LogP contribution in [0, 0.1) is 19.8 Å². The van der Waals surface area contributed by atoms with Crippen molar-refractivity contribution in [3.63, 3.8) is 0 Å². The third-order valence-electron chi connectivity index (χ3n) is 6.74. The Labute approximate surface area is 212 Å². The van der Waals surface area contributed by atoms with Crippen molar-refractivity contribution in [1.82, 2.24) is 10.2 Å². The Bertz CT molecular complexity index is 968. The third kappa shape index (κ3) is 6.69. The fourth-order valence-electron chi connectivity index (χ4n) is 4.99. The summed E-state index contributed by atoms with van der Waals surface area (Å²) in [7, 11) is 1.68. The maximum absolute atomic E-state index is 12.9. The van der Waals surface area contributed by atoms with Gasteiger partial charge < -0.3 is 20.1 Å². The highest BCUT2D eigenvalue weighted by molar-refractivity contribution is 5.79. The molecule has 194 valence electrons. The van der Waals surface area contributed by atoms with Crippen LogP contribution in [0.15, 0.2) is 30.3 Å². The Kier molecular flexibility index (Phi) is 10.9. The highest BCUT2D eigenvalue weighted by Crippen LogP contribution is 2.44. The molecular weight excluding hydrogens is 438 g/mol. The molecule has 0 bridgehead atoms. The van der Waals surface area contributed by atoms with Crippen molar-refractivity contribution in [1.29, 1.82) is 0 Å². The molecule has 4 rings (SSSR count). The molecule has 0 spiro atoms. The first-order valence-electron chi connectivity index (χ1n) is 13.1. The van der Waals surface area contributed by atoms with Crippen molar-refractivity contribution in [3.05, 3.63) is 52.6 Å². The molecular formula is C29H45N3O3. The molecule has 1 amide bonds. The van der Waals surface area contributed by atoms with E-state index < -0.39 is 0 Å². The van der Waals surface area contributed by atoms with Gasteiger partial charge in [0.05, 0.1) is 19.7 Å². The molecule has 2 aromatic rings. The van der Waals surface area contributed by atoms with E-state index in [2.05, 4.69) is 41.1 Å². The molecule has 1 aliphatic carbocycles. The highest BCUT2D eigenvalue weighted by Gasteiger charge is 2.35. The van der Waals surface area contributed by atoms with Gasteiger partial charge in [-0.15, -0.1) is 0 Å². The number of anilines is 1. The fourth-order valence-corrected chi connectivity index (χ4v) is 4.99. The molecule has 35 heavy (non-hydrogen) atoms. The number of methoxy groups -OCH3 is 1. The number of fused-ring (bicyclic) bond motifs is 1. The van der Waals surface area contributed by atoms with Crippen LogP contribution < -0.4 is 15.0 Å². The number of carbonyl (C=O) groups is 1. The topological polar surface area (TPSA) is 65.0 Å². The summed E-state index contributed by atoms with van der Waals surface area (Å²) in [4.78, 5) is 17.4. The summed E-state index contributed by atoms with van der Waals surface area (Å²) in [5.41, 5.74) is 5.33. The number of nitrogens with one attached hydrogen (secondary N) is 1. The number of rotatable bonds is 5. The molecule has 1 saturated heterocycles. The zero-order chi connectivity index (χ0) is 26.1. The van der Waals surface area contributed by atoms with Crippen molar-refractivity contribution in [3.8, 4) is 11.5 Å². The maximum Gasteiger partial charge on any atom is 0.234 e. The summed E-state index contributed by atoms with van der Waals surface area (Å²) in [5.74, 6) is 1.49. The van der Waals surface area contributed by atoms with Gasteiger partial charge in [-0.05, 0) is 55.0 Å². The number of phenolic OH excluding ortho intramolecular Hbond substituents is 1. The van der Waals surface area contributed by atoms with Crippen LogP contribution in [0.2, 0.25) is 0 Å². The molecule has 6 heteroatoms. The number of piperazine rings is 1. The van der Waals surface area contributed by atoms with E-state index in [1.165, 1.54) is 11.1 Å². The molecule has 0 aromatic heterocycles. The molecule has 2 aromatic carbocycles. The summed E-state index contributed by atoms with van der Waals surface area (Å²) in [6, 6.07) is 10.0. The van der Waals surface area contributed by atoms with Crippen LogP contribution in [-0.2, 0) is 11.2 Å². The number of phenols is 1. The van der Waals surface area contributed by atoms with Gasteiger partial charge in [-0.3, -0.25) is 9.69 Å². The van der Waals surface area contributed by atoms with E-state index in [1.54, 1.807) is 7.11 Å². The number of aryl methyl sites for hydroxylation is 2. The van der Waals surface area contributed by atoms with Crippen molar-refractivity contribution in [2.24, 2.45) is 5.92 Å². The summed E-state index contributed by atoms with van der Waals surface area (Å²) < 4.78 is 5.33. The first kappa shape index (κ1) is 28.5. The smallest absolute Gasteiger partial charge is 0.234 e. The van der Waals surface area contributed by atoms with E-state index in [9.17, 15) is 9.90 Å². The molecule has 2 atom stereocenters. The van der Waals surface area contributed by atoms with Crippen LogP contribution in [0.5, 0.6) is 11.5 Å². The second kappa shape index (κ2) is 13.4. The van der Waals surface area contributed by atoms with Crippen molar-refractivity contribution < 1.29 is 14.6 Å². The zero-order valence-corrected chi connectivity index (χ0v) is 22.9. The molecule has 2 N–H and O–H groups in total. The molecule has 2 unspecified atom stereocenters. The van der Waals surface area contributed by atoms with Crippen LogP contribution >= 0.6 is 0 Å². The SMILES string of the molecule is CC.CC.COc1cccc(N2CCN(CC(=O)NC3c4c(O)c(C)cc(C)c4CC3C)CC2)c1. The summed E-state index contributed by atoms with van der Waals surface area (Å²) in [6.45, 7) is 18.0. The zero-order valence-electron chi connectivity index (χ0n) is 22.9. The van der Waals surface area contributed by atoms with Gasteiger partial charge in [0.15, 0.2) is 0 Å². The van der Waals surface area contributed by atoms with Crippen LogP contribution in [0.4, 0.5) is 5.69 Å². The standard InChI is InChI=1S/C25H33N3O3.2C2H6/c1-16-12-18(3)25(30)23-21(16)13-17(2)24(23)26-22(29)15-27-8-10-28(11-9-27)19-6-5-7-20(14-19)31-4;2*1-2/h5-7,12,14,17,24,30H,8-11,13,15H2,1-4H3,(H,26,29);2*1-2H3. The highest BCUT2D eigenvalue weighted by atomic mass is 16.5. The molecule has 1 aliphatic heterocycles. The van der Waals surface area contributed by atoms with E-state index in [4.69, 9.17) is 4.74 Å². The van der Waals surface area contributed by atoms with Gasteiger partial charge in [0.1, 0.15) is 11.5 Å². The van der Waals surface area contributed by atoms with Crippen molar-refractivity contribution in [2.75, 3.05) is 44.7 Å². The number of ether oxygens (including phenoxy) is 1. The summed E-state index contributed by atoms with van der Waals surface area (Å²) in [5, 5.41) is 13.9. The number of nitrogens with zero attached hydrogens (tertiary/aromatic N) is 2. The maximum atomic E-state index is 12.9.